The van der Waals surface area contributed by atoms with Crippen molar-refractivity contribution in [3.63, 3.8) is 0 Å². The van der Waals surface area contributed by atoms with Crippen LogP contribution in [0.1, 0.15) is 37.0 Å². The molecule has 1 aromatic rings. The first-order chi connectivity index (χ1) is 8.47. The lowest BCUT2D eigenvalue weighted by atomic mass is 10.2. The second kappa shape index (κ2) is 12.9. The quantitative estimate of drug-likeness (QED) is 0.808. The molecule has 100 valence electrons. The van der Waals surface area contributed by atoms with Crippen molar-refractivity contribution in [2.45, 2.75) is 26.7 Å². The maximum absolute atomic E-state index is 10.0. The highest BCUT2D eigenvalue weighted by Crippen LogP contribution is 1.91. The smallest absolute Gasteiger partial charge is 0.303 e. The number of aldehydes is 1. The van der Waals surface area contributed by atoms with E-state index in [2.05, 4.69) is 0 Å². The zero-order valence-electron chi connectivity index (χ0n) is 10.5. The predicted octanol–water partition coefficient (Wildman–Crippen LogP) is 2.46. The van der Waals surface area contributed by atoms with Gasteiger partial charge in [0, 0.05) is 18.4 Å². The van der Waals surface area contributed by atoms with Gasteiger partial charge in [-0.15, -0.1) is 0 Å². The van der Waals surface area contributed by atoms with Gasteiger partial charge in [-0.2, -0.15) is 0 Å². The second-order valence-corrected chi connectivity index (χ2v) is 3.02. The van der Waals surface area contributed by atoms with Crippen LogP contribution >= 0.6 is 0 Å². The van der Waals surface area contributed by atoms with Crippen LogP contribution in [-0.2, 0) is 9.59 Å². The maximum atomic E-state index is 10.0. The van der Waals surface area contributed by atoms with Crippen molar-refractivity contribution in [2.24, 2.45) is 0 Å². The Hall–Kier alpha value is -2.17. The number of rotatable bonds is 3. The Morgan fingerprint density at radius 3 is 1.50 bits per heavy atom. The number of hydrogen-bond acceptors (Lipinski definition) is 3. The molecule has 0 aliphatic rings. The molecule has 0 radical (unpaired) electrons. The zero-order valence-corrected chi connectivity index (χ0v) is 10.5. The van der Waals surface area contributed by atoms with Gasteiger partial charge in [0.05, 0.1) is 0 Å². The fourth-order valence-corrected chi connectivity index (χ4v) is 0.532. The van der Waals surface area contributed by atoms with E-state index in [0.29, 0.717) is 0 Å². The Balaban J connectivity index is 0. The highest BCUT2D eigenvalue weighted by Gasteiger charge is 1.81. The third-order valence-electron chi connectivity index (χ3n) is 1.54. The van der Waals surface area contributed by atoms with Crippen LogP contribution in [0.2, 0.25) is 0 Å². The molecule has 0 bridgehead atoms. The molecule has 0 aliphatic heterocycles. The summed E-state index contributed by atoms with van der Waals surface area (Å²) >= 11 is 0. The molecular formula is C13H18O5. The zero-order chi connectivity index (χ0) is 14.4. The van der Waals surface area contributed by atoms with Crippen molar-refractivity contribution >= 4 is 18.2 Å². The summed E-state index contributed by atoms with van der Waals surface area (Å²) in [5.41, 5.74) is 0.729. The monoisotopic (exact) mass is 254 g/mol. The van der Waals surface area contributed by atoms with Gasteiger partial charge in [-0.05, 0) is 0 Å². The van der Waals surface area contributed by atoms with Crippen molar-refractivity contribution in [1.82, 2.24) is 0 Å². The van der Waals surface area contributed by atoms with Crippen LogP contribution in [0.3, 0.4) is 0 Å². The highest BCUT2D eigenvalue weighted by molar-refractivity contribution is 5.74. The van der Waals surface area contributed by atoms with Gasteiger partial charge >= 0.3 is 11.9 Å². The molecule has 0 saturated carbocycles. The summed E-state index contributed by atoms with van der Waals surface area (Å²) in [6, 6.07) is 9.10. The molecule has 0 amide bonds. The van der Waals surface area contributed by atoms with Gasteiger partial charge in [0.2, 0.25) is 0 Å². The van der Waals surface area contributed by atoms with Crippen LogP contribution in [0.4, 0.5) is 0 Å². The van der Waals surface area contributed by atoms with E-state index in [9.17, 15) is 14.4 Å². The highest BCUT2D eigenvalue weighted by atomic mass is 16.4. The number of carbonyl (C=O) groups excluding carboxylic acids is 1. The predicted molar refractivity (Wildman–Crippen MR) is 67.7 cm³/mol. The summed E-state index contributed by atoms with van der Waals surface area (Å²) < 4.78 is 0. The maximum Gasteiger partial charge on any atom is 0.303 e. The lowest BCUT2D eigenvalue weighted by Gasteiger charge is -1.81. The Morgan fingerprint density at radius 2 is 1.33 bits per heavy atom. The summed E-state index contributed by atoms with van der Waals surface area (Å²) in [6.07, 6.45) is 1.28. The number of benzene rings is 1. The van der Waals surface area contributed by atoms with Crippen LogP contribution in [0.25, 0.3) is 0 Å². The Bertz CT molecular complexity index is 332. The van der Waals surface area contributed by atoms with Crippen molar-refractivity contribution in [2.75, 3.05) is 0 Å². The molecule has 5 heteroatoms. The van der Waals surface area contributed by atoms with Crippen molar-refractivity contribution in [1.29, 1.82) is 0 Å². The Labute approximate surface area is 106 Å². The molecule has 0 spiro atoms. The van der Waals surface area contributed by atoms with Gasteiger partial charge in [0.1, 0.15) is 6.29 Å². The molecule has 0 saturated heterocycles. The summed E-state index contributed by atoms with van der Waals surface area (Å²) in [5.74, 6) is -1.49. The molecule has 0 atom stereocenters. The van der Waals surface area contributed by atoms with Crippen molar-refractivity contribution in [3.05, 3.63) is 35.9 Å². The number of carboxylic acid groups (broad SMARTS) is 2. The molecule has 0 aromatic heterocycles. The number of aliphatic carboxylic acids is 2. The topological polar surface area (TPSA) is 91.7 Å². The van der Waals surface area contributed by atoms with E-state index in [1.807, 2.05) is 18.2 Å². The summed E-state index contributed by atoms with van der Waals surface area (Å²) in [7, 11) is 0. The van der Waals surface area contributed by atoms with Gasteiger partial charge < -0.3 is 10.2 Å². The second-order valence-electron chi connectivity index (χ2n) is 3.02. The lowest BCUT2D eigenvalue weighted by Crippen LogP contribution is -1.86. The molecule has 1 rings (SSSR count). The SMILES string of the molecule is CCC(=O)O.CCC(=O)O.O=Cc1ccccc1. The molecule has 1 aromatic carbocycles. The summed E-state index contributed by atoms with van der Waals surface area (Å²) in [5, 5.41) is 15.4. The van der Waals surface area contributed by atoms with E-state index in [4.69, 9.17) is 10.2 Å². The minimum Gasteiger partial charge on any atom is -0.481 e. The fourth-order valence-electron chi connectivity index (χ4n) is 0.532. The van der Waals surface area contributed by atoms with Gasteiger partial charge in [-0.25, -0.2) is 0 Å². The molecule has 18 heavy (non-hydrogen) atoms. The van der Waals surface area contributed by atoms with Crippen molar-refractivity contribution in [3.8, 4) is 0 Å². The van der Waals surface area contributed by atoms with E-state index in [0.717, 1.165) is 11.8 Å². The minimum absolute atomic E-state index is 0.222. The average molecular weight is 254 g/mol. The van der Waals surface area contributed by atoms with Gasteiger partial charge in [0.15, 0.2) is 0 Å². The molecule has 5 nitrogen and oxygen atoms in total. The van der Waals surface area contributed by atoms with E-state index >= 15 is 0 Å². The van der Waals surface area contributed by atoms with E-state index in [-0.39, 0.29) is 12.8 Å². The first-order valence-electron chi connectivity index (χ1n) is 5.41. The number of hydrogen-bond donors (Lipinski definition) is 2. The minimum atomic E-state index is -0.745. The third kappa shape index (κ3) is 16.3. The standard InChI is InChI=1S/C7H6O.2C3H6O2/c8-6-7-4-2-1-3-5-7;2*1-2-3(4)5/h1-6H;2*2H2,1H3,(H,4,5). The lowest BCUT2D eigenvalue weighted by molar-refractivity contribution is -0.137. The van der Waals surface area contributed by atoms with Crippen LogP contribution in [0.5, 0.6) is 0 Å². The number of carbonyl (C=O) groups is 3. The average Bonchev–Trinajstić information content (AvgIpc) is 2.41. The molecule has 0 heterocycles. The number of carboxylic acids is 2. The van der Waals surface area contributed by atoms with E-state index < -0.39 is 11.9 Å². The van der Waals surface area contributed by atoms with Gasteiger partial charge in [-0.1, -0.05) is 44.2 Å². The third-order valence-corrected chi connectivity index (χ3v) is 1.54. The first kappa shape index (κ1) is 18.2. The Kier molecular flexibility index (Phi) is 13.0. The van der Waals surface area contributed by atoms with Crippen LogP contribution in [0, 0.1) is 0 Å². The molecule has 0 aliphatic carbocycles. The molecule has 0 fully saturated rings. The summed E-state index contributed by atoms with van der Waals surface area (Å²) in [6.45, 7) is 3.20. The van der Waals surface area contributed by atoms with E-state index in [1.165, 1.54) is 0 Å². The largest absolute Gasteiger partial charge is 0.481 e. The van der Waals surface area contributed by atoms with Crippen LogP contribution in [-0.4, -0.2) is 28.4 Å². The first-order valence-corrected chi connectivity index (χ1v) is 5.41. The molecule has 2 N–H and O–H groups in total. The van der Waals surface area contributed by atoms with Gasteiger partial charge in [-0.3, -0.25) is 14.4 Å². The fraction of sp³-hybridized carbons (Fsp3) is 0.308. The molecule has 0 unspecified atom stereocenters. The van der Waals surface area contributed by atoms with E-state index in [1.54, 1.807) is 26.0 Å². The van der Waals surface area contributed by atoms with Crippen LogP contribution in [0.15, 0.2) is 30.3 Å². The van der Waals surface area contributed by atoms with Crippen LogP contribution < -0.4 is 0 Å². The Morgan fingerprint density at radius 1 is 1.00 bits per heavy atom. The summed E-state index contributed by atoms with van der Waals surface area (Å²) in [4.78, 5) is 28.7. The van der Waals surface area contributed by atoms with Crippen molar-refractivity contribution < 1.29 is 24.6 Å². The van der Waals surface area contributed by atoms with Gasteiger partial charge in [0.25, 0.3) is 0 Å². The molecular weight excluding hydrogens is 236 g/mol. The normalized spacial score (nSPS) is 7.89.